The van der Waals surface area contributed by atoms with Gasteiger partial charge in [-0.05, 0) is 44.9 Å². The first-order valence-electron chi connectivity index (χ1n) is 9.53. The van der Waals surface area contributed by atoms with Crippen molar-refractivity contribution in [1.82, 2.24) is 25.4 Å². The van der Waals surface area contributed by atoms with Crippen molar-refractivity contribution in [2.75, 3.05) is 6.54 Å². The van der Waals surface area contributed by atoms with E-state index in [1.54, 1.807) is 0 Å². The van der Waals surface area contributed by atoms with Gasteiger partial charge in [-0.25, -0.2) is 4.99 Å². The lowest BCUT2D eigenvalue weighted by Crippen LogP contribution is -2.45. The normalized spacial score (nSPS) is 21.8. The van der Waals surface area contributed by atoms with Gasteiger partial charge in [0, 0.05) is 19.6 Å². The summed E-state index contributed by atoms with van der Waals surface area (Å²) in [5.41, 5.74) is 0. The zero-order chi connectivity index (χ0) is 17.4. The Hall–Kier alpha value is -1.59. The number of rotatable bonds is 7. The number of aromatic nitrogens is 3. The minimum atomic E-state index is 0.543. The highest BCUT2D eigenvalue weighted by atomic mass is 15.3. The molecule has 0 saturated heterocycles. The third-order valence-corrected chi connectivity index (χ3v) is 5.15. The predicted octanol–water partition coefficient (Wildman–Crippen LogP) is 2.93. The van der Waals surface area contributed by atoms with E-state index in [0.717, 1.165) is 36.5 Å². The molecule has 2 N–H and O–H groups in total. The molecule has 1 aliphatic rings. The van der Waals surface area contributed by atoms with E-state index >= 15 is 0 Å². The zero-order valence-electron chi connectivity index (χ0n) is 15.8. The molecule has 1 saturated carbocycles. The fourth-order valence-corrected chi connectivity index (χ4v) is 3.18. The van der Waals surface area contributed by atoms with Gasteiger partial charge in [-0.2, -0.15) is 0 Å². The molecule has 6 nitrogen and oxygen atoms in total. The quantitative estimate of drug-likeness (QED) is 0.457. The summed E-state index contributed by atoms with van der Waals surface area (Å²) in [4.78, 5) is 4.74. The molecule has 6 heteroatoms. The second kappa shape index (κ2) is 9.64. The fraction of sp³-hybridized carbons (Fsp3) is 0.833. The Morgan fingerprint density at radius 2 is 1.96 bits per heavy atom. The minimum Gasteiger partial charge on any atom is -0.356 e. The highest BCUT2D eigenvalue weighted by Gasteiger charge is 2.20. The average molecular weight is 335 g/mol. The van der Waals surface area contributed by atoms with Crippen molar-refractivity contribution in [1.29, 1.82) is 0 Å². The summed E-state index contributed by atoms with van der Waals surface area (Å²) in [6.45, 7) is 8.00. The number of nitrogens with one attached hydrogen (secondary N) is 2. The summed E-state index contributed by atoms with van der Waals surface area (Å²) in [6, 6.07) is 0.543. The lowest BCUT2D eigenvalue weighted by atomic mass is 9.84. The minimum absolute atomic E-state index is 0.543. The van der Waals surface area contributed by atoms with Crippen molar-refractivity contribution < 1.29 is 0 Å². The van der Waals surface area contributed by atoms with Crippen molar-refractivity contribution in [2.45, 2.75) is 78.3 Å². The van der Waals surface area contributed by atoms with Crippen molar-refractivity contribution >= 4 is 5.96 Å². The van der Waals surface area contributed by atoms with Crippen LogP contribution in [-0.4, -0.2) is 33.3 Å². The van der Waals surface area contributed by atoms with E-state index in [9.17, 15) is 0 Å². The third kappa shape index (κ3) is 5.49. The van der Waals surface area contributed by atoms with E-state index in [4.69, 9.17) is 4.99 Å². The van der Waals surface area contributed by atoms with Crippen molar-refractivity contribution in [3.63, 3.8) is 0 Å². The molecule has 1 aliphatic carbocycles. The maximum atomic E-state index is 4.74. The molecule has 0 spiro atoms. The molecule has 1 fully saturated rings. The number of unbranched alkanes of at least 4 members (excludes halogenated alkanes) is 1. The van der Waals surface area contributed by atoms with Crippen molar-refractivity contribution in [3.05, 3.63) is 11.6 Å². The Kier molecular flexibility index (Phi) is 7.53. The Morgan fingerprint density at radius 1 is 1.21 bits per heavy atom. The van der Waals surface area contributed by atoms with Crippen LogP contribution >= 0.6 is 0 Å². The summed E-state index contributed by atoms with van der Waals surface area (Å²) in [7, 11) is 1.99. The monoisotopic (exact) mass is 334 g/mol. The van der Waals surface area contributed by atoms with E-state index in [0.29, 0.717) is 12.6 Å². The lowest BCUT2D eigenvalue weighted by molar-refractivity contribution is 0.304. The summed E-state index contributed by atoms with van der Waals surface area (Å²) >= 11 is 0. The lowest BCUT2D eigenvalue weighted by Gasteiger charge is -2.29. The van der Waals surface area contributed by atoms with Gasteiger partial charge in [-0.3, -0.25) is 0 Å². The first-order chi connectivity index (χ1) is 11.6. The first-order valence-corrected chi connectivity index (χ1v) is 9.53. The number of hydrogen-bond acceptors (Lipinski definition) is 3. The first kappa shape index (κ1) is 18.7. The van der Waals surface area contributed by atoms with E-state index in [1.807, 2.05) is 18.5 Å². The van der Waals surface area contributed by atoms with Crippen LogP contribution in [0.15, 0.2) is 4.99 Å². The summed E-state index contributed by atoms with van der Waals surface area (Å²) < 4.78 is 2.00. The Labute approximate surface area is 146 Å². The van der Waals surface area contributed by atoms with Gasteiger partial charge in [-0.1, -0.05) is 26.7 Å². The maximum Gasteiger partial charge on any atom is 0.191 e. The number of guanidine groups is 1. The van der Waals surface area contributed by atoms with E-state index in [1.165, 1.54) is 38.5 Å². The van der Waals surface area contributed by atoms with Crippen LogP contribution in [0.1, 0.15) is 70.4 Å². The van der Waals surface area contributed by atoms with Crippen LogP contribution in [0.2, 0.25) is 0 Å². The molecule has 136 valence electrons. The van der Waals surface area contributed by atoms with Crippen molar-refractivity contribution in [3.8, 4) is 0 Å². The highest BCUT2D eigenvalue weighted by Crippen LogP contribution is 2.26. The van der Waals surface area contributed by atoms with Gasteiger partial charge in [-0.15, -0.1) is 10.2 Å². The molecule has 0 atom stereocenters. The highest BCUT2D eigenvalue weighted by molar-refractivity contribution is 5.80. The van der Waals surface area contributed by atoms with Gasteiger partial charge in [0.1, 0.15) is 12.4 Å². The van der Waals surface area contributed by atoms with Crippen LogP contribution in [0.25, 0.3) is 0 Å². The van der Waals surface area contributed by atoms with Crippen LogP contribution in [-0.2, 0) is 13.6 Å². The third-order valence-electron chi connectivity index (χ3n) is 5.15. The molecule has 0 aliphatic heterocycles. The second-order valence-corrected chi connectivity index (χ2v) is 6.94. The molecule has 1 aromatic heterocycles. The fourth-order valence-electron chi connectivity index (χ4n) is 3.18. The van der Waals surface area contributed by atoms with Gasteiger partial charge in [0.25, 0.3) is 0 Å². The maximum absolute atomic E-state index is 4.74. The molecule has 0 bridgehead atoms. The SMILES string of the molecule is CCCCNC(=NCc1nnc(C)n1C)NC1CCC(CC)CC1. The number of aliphatic imine (C=N–C) groups is 1. The average Bonchev–Trinajstić information content (AvgIpc) is 2.92. The molecule has 0 unspecified atom stereocenters. The molecule has 0 amide bonds. The number of aryl methyl sites for hydroxylation is 1. The molecule has 1 heterocycles. The van der Waals surface area contributed by atoms with Crippen LogP contribution in [0.4, 0.5) is 0 Å². The van der Waals surface area contributed by atoms with Crippen LogP contribution in [0.3, 0.4) is 0 Å². The van der Waals surface area contributed by atoms with Gasteiger partial charge in [0.2, 0.25) is 0 Å². The van der Waals surface area contributed by atoms with Gasteiger partial charge < -0.3 is 15.2 Å². The predicted molar refractivity (Wildman–Crippen MR) is 99.0 cm³/mol. The van der Waals surface area contributed by atoms with Crippen LogP contribution in [0.5, 0.6) is 0 Å². The molecule has 0 aromatic carbocycles. The Morgan fingerprint density at radius 3 is 2.54 bits per heavy atom. The largest absolute Gasteiger partial charge is 0.356 e. The Bertz CT molecular complexity index is 514. The topological polar surface area (TPSA) is 67.1 Å². The van der Waals surface area contributed by atoms with Gasteiger partial charge >= 0.3 is 0 Å². The molecule has 24 heavy (non-hydrogen) atoms. The Balaban J connectivity index is 1.93. The van der Waals surface area contributed by atoms with Gasteiger partial charge in [0.05, 0.1) is 0 Å². The van der Waals surface area contributed by atoms with E-state index in [2.05, 4.69) is 34.7 Å². The van der Waals surface area contributed by atoms with Crippen LogP contribution < -0.4 is 10.6 Å². The van der Waals surface area contributed by atoms with Crippen LogP contribution in [0, 0.1) is 12.8 Å². The van der Waals surface area contributed by atoms with E-state index in [-0.39, 0.29) is 0 Å². The standard InChI is InChI=1S/C18H34N6/c1-5-7-12-19-18(20-13-17-23-22-14(3)24(17)4)21-16-10-8-15(6-2)9-11-16/h15-16H,5-13H2,1-4H3,(H2,19,20,21). The number of hydrogen-bond donors (Lipinski definition) is 2. The molecular formula is C18H34N6. The summed E-state index contributed by atoms with van der Waals surface area (Å²) in [6.07, 6.45) is 8.81. The molecular weight excluding hydrogens is 300 g/mol. The number of nitrogens with zero attached hydrogens (tertiary/aromatic N) is 4. The summed E-state index contributed by atoms with van der Waals surface area (Å²) in [5.74, 6) is 3.66. The van der Waals surface area contributed by atoms with Crippen molar-refractivity contribution in [2.24, 2.45) is 18.0 Å². The molecule has 2 rings (SSSR count). The zero-order valence-corrected chi connectivity index (χ0v) is 15.8. The molecule has 1 aromatic rings. The molecule has 0 radical (unpaired) electrons. The smallest absolute Gasteiger partial charge is 0.191 e. The van der Waals surface area contributed by atoms with Gasteiger partial charge in [0.15, 0.2) is 11.8 Å². The van der Waals surface area contributed by atoms with E-state index < -0.39 is 0 Å². The summed E-state index contributed by atoms with van der Waals surface area (Å²) in [5, 5.41) is 15.4. The second-order valence-electron chi connectivity index (χ2n) is 6.94.